The largest absolute Gasteiger partial charge is 0.435 e. The summed E-state index contributed by atoms with van der Waals surface area (Å²) < 4.78 is 37.8. The first-order valence-electron chi connectivity index (χ1n) is 4.85. The van der Waals surface area contributed by atoms with Crippen LogP contribution in [-0.2, 0) is 12.6 Å². The number of H-pyrrole nitrogens is 1. The lowest BCUT2D eigenvalue weighted by Gasteiger charge is -2.22. The topological polar surface area (TPSA) is 40.7 Å². The molecule has 0 saturated heterocycles. The van der Waals surface area contributed by atoms with Gasteiger partial charge in [-0.1, -0.05) is 0 Å². The van der Waals surface area contributed by atoms with Crippen molar-refractivity contribution in [2.75, 3.05) is 7.05 Å². The van der Waals surface area contributed by atoms with Gasteiger partial charge in [0.2, 0.25) is 0 Å². The van der Waals surface area contributed by atoms with Gasteiger partial charge >= 0.3 is 6.18 Å². The molecule has 0 aliphatic heterocycles. The molecule has 1 aromatic rings. The van der Waals surface area contributed by atoms with E-state index in [1.807, 2.05) is 0 Å². The molecule has 0 radical (unpaired) electrons. The summed E-state index contributed by atoms with van der Waals surface area (Å²) in [4.78, 5) is 0. The fourth-order valence-corrected chi connectivity index (χ4v) is 2.08. The average Bonchev–Trinajstić information content (AvgIpc) is 2.59. The molecule has 1 atom stereocenters. The van der Waals surface area contributed by atoms with Crippen molar-refractivity contribution in [3.8, 4) is 0 Å². The molecule has 2 rings (SSSR count). The Bertz CT molecular complexity index is 356. The Morgan fingerprint density at radius 3 is 2.80 bits per heavy atom. The van der Waals surface area contributed by atoms with Gasteiger partial charge in [0, 0.05) is 17.3 Å². The quantitative estimate of drug-likeness (QED) is 0.758. The van der Waals surface area contributed by atoms with E-state index in [4.69, 9.17) is 0 Å². The number of rotatable bonds is 1. The van der Waals surface area contributed by atoms with Crippen molar-refractivity contribution in [2.24, 2.45) is 0 Å². The van der Waals surface area contributed by atoms with E-state index in [0.29, 0.717) is 17.7 Å². The number of aromatic amines is 1. The third-order valence-electron chi connectivity index (χ3n) is 2.77. The molecule has 0 bridgehead atoms. The summed E-state index contributed by atoms with van der Waals surface area (Å²) in [6.07, 6.45) is -2.10. The van der Waals surface area contributed by atoms with Gasteiger partial charge in [-0.25, -0.2) is 0 Å². The second kappa shape index (κ2) is 3.52. The van der Waals surface area contributed by atoms with Crippen LogP contribution in [-0.4, -0.2) is 17.2 Å². The van der Waals surface area contributed by atoms with Gasteiger partial charge in [-0.05, 0) is 26.3 Å². The lowest BCUT2D eigenvalue weighted by molar-refractivity contribution is -0.142. The Hall–Kier alpha value is -1.04. The Kier molecular flexibility index (Phi) is 2.46. The van der Waals surface area contributed by atoms with Crippen molar-refractivity contribution in [3.05, 3.63) is 17.0 Å². The zero-order chi connectivity index (χ0) is 11.1. The molecule has 0 amide bonds. The number of aromatic nitrogens is 2. The molecule has 84 valence electrons. The fourth-order valence-electron chi connectivity index (χ4n) is 2.08. The van der Waals surface area contributed by atoms with E-state index in [2.05, 4.69) is 15.5 Å². The van der Waals surface area contributed by atoms with E-state index in [1.54, 1.807) is 7.05 Å². The molecule has 3 nitrogen and oxygen atoms in total. The van der Waals surface area contributed by atoms with E-state index in [1.165, 1.54) is 0 Å². The van der Waals surface area contributed by atoms with Gasteiger partial charge in [0.15, 0.2) is 5.69 Å². The molecule has 1 aromatic heterocycles. The molecule has 0 spiro atoms. The van der Waals surface area contributed by atoms with Gasteiger partial charge in [0.25, 0.3) is 0 Å². The maximum Gasteiger partial charge on any atom is 0.435 e. The smallest absolute Gasteiger partial charge is 0.313 e. The molecule has 0 fully saturated rings. The highest BCUT2D eigenvalue weighted by atomic mass is 19.4. The predicted molar refractivity (Wildman–Crippen MR) is 48.3 cm³/mol. The Morgan fingerprint density at radius 2 is 2.20 bits per heavy atom. The molecule has 6 heteroatoms. The first-order chi connectivity index (χ1) is 7.04. The predicted octanol–water partition coefficient (Wildman–Crippen LogP) is 2.03. The molecule has 0 saturated carbocycles. The van der Waals surface area contributed by atoms with E-state index in [9.17, 15) is 13.2 Å². The molecule has 1 aliphatic carbocycles. The Balaban J connectivity index is 2.47. The number of nitrogens with one attached hydrogen (secondary N) is 2. The van der Waals surface area contributed by atoms with Gasteiger partial charge in [0.1, 0.15) is 0 Å². The van der Waals surface area contributed by atoms with E-state index < -0.39 is 11.9 Å². The molecular formula is C9H12F3N3. The zero-order valence-electron chi connectivity index (χ0n) is 8.28. The lowest BCUT2D eigenvalue weighted by atomic mass is 9.91. The van der Waals surface area contributed by atoms with Crippen molar-refractivity contribution in [1.82, 2.24) is 15.5 Å². The maximum absolute atomic E-state index is 12.6. The SMILES string of the molecule is CNC1CCCc2[nH]nc(C(F)(F)F)c21. The highest BCUT2D eigenvalue weighted by molar-refractivity contribution is 5.32. The van der Waals surface area contributed by atoms with Crippen LogP contribution in [0.1, 0.15) is 35.8 Å². The summed E-state index contributed by atoms with van der Waals surface area (Å²) in [7, 11) is 1.67. The van der Waals surface area contributed by atoms with Crippen LogP contribution in [0.4, 0.5) is 13.2 Å². The molecule has 0 aromatic carbocycles. The fraction of sp³-hybridized carbons (Fsp3) is 0.667. The van der Waals surface area contributed by atoms with Crippen LogP contribution in [0.25, 0.3) is 0 Å². The van der Waals surface area contributed by atoms with Crippen molar-refractivity contribution in [1.29, 1.82) is 0 Å². The van der Waals surface area contributed by atoms with Crippen LogP contribution >= 0.6 is 0 Å². The van der Waals surface area contributed by atoms with Crippen molar-refractivity contribution in [2.45, 2.75) is 31.5 Å². The maximum atomic E-state index is 12.6. The third kappa shape index (κ3) is 1.73. The molecular weight excluding hydrogens is 207 g/mol. The lowest BCUT2D eigenvalue weighted by Crippen LogP contribution is -2.24. The second-order valence-electron chi connectivity index (χ2n) is 3.70. The number of hydrogen-bond acceptors (Lipinski definition) is 2. The van der Waals surface area contributed by atoms with Crippen molar-refractivity contribution >= 4 is 0 Å². The molecule has 1 unspecified atom stereocenters. The standard InChI is InChI=1S/C9H12F3N3/c1-13-5-3-2-4-6-7(5)8(15-14-6)9(10,11)12/h5,13H,2-4H2,1H3,(H,14,15). The minimum absolute atomic E-state index is 0.232. The molecule has 15 heavy (non-hydrogen) atoms. The minimum atomic E-state index is -4.36. The number of aryl methyl sites for hydroxylation is 1. The van der Waals surface area contributed by atoms with E-state index in [0.717, 1.165) is 12.8 Å². The van der Waals surface area contributed by atoms with Gasteiger partial charge in [0.05, 0.1) is 0 Å². The van der Waals surface area contributed by atoms with Gasteiger partial charge in [-0.3, -0.25) is 5.10 Å². The highest BCUT2D eigenvalue weighted by Crippen LogP contribution is 2.38. The van der Waals surface area contributed by atoms with E-state index >= 15 is 0 Å². The van der Waals surface area contributed by atoms with Crippen LogP contribution in [0, 0.1) is 0 Å². The van der Waals surface area contributed by atoms with Crippen LogP contribution in [0.3, 0.4) is 0 Å². The Labute approximate surface area is 85.1 Å². The monoisotopic (exact) mass is 219 g/mol. The van der Waals surface area contributed by atoms with Crippen LogP contribution in [0.2, 0.25) is 0 Å². The van der Waals surface area contributed by atoms with Crippen molar-refractivity contribution < 1.29 is 13.2 Å². The van der Waals surface area contributed by atoms with Gasteiger partial charge in [-0.15, -0.1) is 0 Å². The first-order valence-corrected chi connectivity index (χ1v) is 4.85. The molecule has 1 heterocycles. The number of nitrogens with zero attached hydrogens (tertiary/aromatic N) is 1. The number of hydrogen-bond donors (Lipinski definition) is 2. The van der Waals surface area contributed by atoms with Crippen LogP contribution in [0.5, 0.6) is 0 Å². The average molecular weight is 219 g/mol. The first kappa shape index (κ1) is 10.5. The minimum Gasteiger partial charge on any atom is -0.313 e. The number of halogens is 3. The highest BCUT2D eigenvalue weighted by Gasteiger charge is 2.40. The van der Waals surface area contributed by atoms with Crippen LogP contribution < -0.4 is 5.32 Å². The second-order valence-corrected chi connectivity index (χ2v) is 3.70. The molecule has 1 aliphatic rings. The number of fused-ring (bicyclic) bond motifs is 1. The van der Waals surface area contributed by atoms with Gasteiger partial charge < -0.3 is 5.32 Å². The zero-order valence-corrected chi connectivity index (χ0v) is 8.28. The summed E-state index contributed by atoms with van der Waals surface area (Å²) in [6, 6.07) is -0.232. The summed E-state index contributed by atoms with van der Waals surface area (Å²) in [5.41, 5.74) is 0.153. The summed E-state index contributed by atoms with van der Waals surface area (Å²) in [6.45, 7) is 0. The molecule has 2 N–H and O–H groups in total. The normalized spacial score (nSPS) is 21.5. The van der Waals surface area contributed by atoms with E-state index in [-0.39, 0.29) is 6.04 Å². The number of alkyl halides is 3. The Morgan fingerprint density at radius 1 is 1.47 bits per heavy atom. The van der Waals surface area contributed by atoms with Crippen LogP contribution in [0.15, 0.2) is 0 Å². The summed E-state index contributed by atoms with van der Waals surface area (Å²) in [5.74, 6) is 0. The van der Waals surface area contributed by atoms with Crippen molar-refractivity contribution in [3.63, 3.8) is 0 Å². The summed E-state index contributed by atoms with van der Waals surface area (Å²) >= 11 is 0. The third-order valence-corrected chi connectivity index (χ3v) is 2.77. The summed E-state index contributed by atoms with van der Waals surface area (Å²) in [5, 5.41) is 8.76. The van der Waals surface area contributed by atoms with Gasteiger partial charge in [-0.2, -0.15) is 18.3 Å².